The number of carbonyl (C=O) groups is 6. The van der Waals surface area contributed by atoms with Crippen molar-refractivity contribution in [2.45, 2.75) is 65.2 Å². The van der Waals surface area contributed by atoms with E-state index in [0.717, 1.165) is 24.3 Å². The van der Waals surface area contributed by atoms with Gasteiger partial charge in [-0.15, -0.1) is 0 Å². The van der Waals surface area contributed by atoms with Crippen molar-refractivity contribution in [3.05, 3.63) is 125 Å². The number of hydrogen-bond acceptors (Lipinski definition) is 20. The summed E-state index contributed by atoms with van der Waals surface area (Å²) in [5.74, 6) is -8.76. The lowest BCUT2D eigenvalue weighted by Crippen LogP contribution is -2.39. The summed E-state index contributed by atoms with van der Waals surface area (Å²) >= 11 is 26.5. The molecule has 0 radical (unpaired) electrons. The van der Waals surface area contributed by atoms with Gasteiger partial charge in [-0.05, 0) is 89.7 Å². The zero-order valence-corrected chi connectivity index (χ0v) is 46.2. The Kier molecular flexibility index (Phi) is 26.8. The van der Waals surface area contributed by atoms with Crippen LogP contribution >= 0.6 is 46.4 Å². The summed E-state index contributed by atoms with van der Waals surface area (Å²) in [6.45, 7) is 7.63. The second kappa shape index (κ2) is 32.3. The molecule has 0 unspecified atom stereocenters. The molecule has 0 aromatic heterocycles. The lowest BCUT2D eigenvalue weighted by Gasteiger charge is -2.37. The van der Waals surface area contributed by atoms with E-state index < -0.39 is 60.9 Å². The zero-order chi connectivity index (χ0) is 55.9. The number of benzene rings is 2. The number of esters is 4. The molecule has 0 saturated carbocycles. The van der Waals surface area contributed by atoms with Crippen LogP contribution in [0.5, 0.6) is 0 Å². The average Bonchev–Trinajstić information content (AvgIpc) is 3.40. The number of nitrogens with two attached hydrogens (primary N) is 2. The van der Waals surface area contributed by atoms with Crippen LogP contribution in [0.1, 0.15) is 76.3 Å². The van der Waals surface area contributed by atoms with Gasteiger partial charge in [0.15, 0.2) is 0 Å². The van der Waals surface area contributed by atoms with E-state index >= 15 is 0 Å². The maximum Gasteiger partial charge on any atom is 0.356 e. The molecule has 4 N–H and O–H groups in total. The molecule has 76 heavy (non-hydrogen) atoms. The van der Waals surface area contributed by atoms with Crippen LogP contribution in [0.4, 0.5) is 0 Å². The van der Waals surface area contributed by atoms with Crippen LogP contribution < -0.4 is 11.5 Å². The van der Waals surface area contributed by atoms with Crippen LogP contribution in [0.15, 0.2) is 93.6 Å². The summed E-state index contributed by atoms with van der Waals surface area (Å²) in [5, 5.41) is 2.04. The molecule has 0 fully saturated rings. The summed E-state index contributed by atoms with van der Waals surface area (Å²) in [7, 11) is 2.24. The third kappa shape index (κ3) is 16.5. The summed E-state index contributed by atoms with van der Waals surface area (Å²) in [6.07, 6.45) is 3.55. The van der Waals surface area contributed by atoms with Crippen molar-refractivity contribution >= 4 is 82.2 Å². The van der Waals surface area contributed by atoms with Crippen molar-refractivity contribution in [3.8, 4) is 0 Å². The first-order valence-corrected chi connectivity index (χ1v) is 25.7. The summed E-state index contributed by atoms with van der Waals surface area (Å²) in [4.78, 5) is 95.7. The molecule has 4 rings (SSSR count). The molecule has 2 aromatic carbocycles. The van der Waals surface area contributed by atoms with Gasteiger partial charge in [-0.1, -0.05) is 70.7 Å². The van der Waals surface area contributed by atoms with Crippen LogP contribution in [-0.4, -0.2) is 139 Å². The second-order valence-corrected chi connectivity index (χ2v) is 17.9. The van der Waals surface area contributed by atoms with Crippen molar-refractivity contribution < 1.29 is 76.3 Å². The molecule has 416 valence electrons. The molecule has 2 aliphatic heterocycles. The van der Waals surface area contributed by atoms with Gasteiger partial charge >= 0.3 is 35.8 Å². The number of hydrogen-bond donors (Lipinski definition) is 2. The molecule has 0 aliphatic carbocycles. The molecule has 0 amide bonds. The van der Waals surface area contributed by atoms with Crippen molar-refractivity contribution in [2.24, 2.45) is 11.5 Å². The van der Waals surface area contributed by atoms with Gasteiger partial charge in [-0.3, -0.25) is 0 Å². The minimum atomic E-state index is -1.29. The van der Waals surface area contributed by atoms with Crippen LogP contribution in [0.25, 0.3) is 0 Å². The smallest absolute Gasteiger partial charge is 0.356 e. The average molecular weight is 1140 g/mol. The Morgan fingerprint density at radius 2 is 0.882 bits per heavy atom. The van der Waals surface area contributed by atoms with Crippen LogP contribution in [0.2, 0.25) is 20.1 Å². The predicted octanol–water partition coefficient (Wildman–Crippen LogP) is 7.34. The van der Waals surface area contributed by atoms with E-state index in [2.05, 4.69) is 0 Å². The summed E-state index contributed by atoms with van der Waals surface area (Å²) in [5.41, 5.74) is 10.5. The lowest BCUT2D eigenvalue weighted by atomic mass is 9.80. The Morgan fingerprint density at radius 1 is 0.526 bits per heavy atom. The number of allylic oxidation sites excluding steroid dienone is 2. The zero-order valence-electron chi connectivity index (χ0n) is 43.2. The fraction of sp³-hybridized carbons (Fsp3) is 0.462. The van der Waals surface area contributed by atoms with Gasteiger partial charge < -0.3 is 59.0 Å². The van der Waals surface area contributed by atoms with Gasteiger partial charge in [-0.25, -0.2) is 28.8 Å². The van der Waals surface area contributed by atoms with Gasteiger partial charge in [-0.2, -0.15) is 10.1 Å². The molecule has 2 heterocycles. The third-order valence-electron chi connectivity index (χ3n) is 11.4. The molecule has 2 aromatic rings. The molecule has 2 aliphatic rings. The SMILES string of the molecule is CCOC(=O)C1=C(COCCCOCCCN)N(OC(=O)/C=C/C(=O)ON2C(C)=C(C(=O)OC)[C@H](c3cccc(Cl)c3Cl)C(C(=O)OCC)=C2COCCCOCCCN)C(C)=C(C(=O)OC)[C@@H]1c1cccc(Cl)c1Cl. The molecular weight excluding hydrogens is 1080 g/mol. The minimum Gasteiger partial charge on any atom is -0.466 e. The van der Waals surface area contributed by atoms with Crippen LogP contribution in [0, 0.1) is 0 Å². The highest BCUT2D eigenvalue weighted by molar-refractivity contribution is 6.43. The maximum absolute atomic E-state index is 14.2. The summed E-state index contributed by atoms with van der Waals surface area (Å²) in [6, 6.07) is 9.31. The Hall–Kier alpha value is -5.52. The first-order valence-electron chi connectivity index (χ1n) is 24.2. The number of ether oxygens (including phenoxy) is 8. The fourth-order valence-electron chi connectivity index (χ4n) is 7.97. The van der Waals surface area contributed by atoms with Crippen molar-refractivity contribution in [3.63, 3.8) is 0 Å². The van der Waals surface area contributed by atoms with Gasteiger partial charge in [0.2, 0.25) is 0 Å². The monoisotopic (exact) mass is 1140 g/mol. The number of carbonyl (C=O) groups excluding carboxylic acids is 6. The van der Waals surface area contributed by atoms with E-state index in [0.29, 0.717) is 77.4 Å². The Balaban J connectivity index is 1.82. The predicted molar refractivity (Wildman–Crippen MR) is 280 cm³/mol. The number of rotatable bonds is 30. The maximum atomic E-state index is 14.2. The molecule has 24 heteroatoms. The Bertz CT molecular complexity index is 2390. The van der Waals surface area contributed by atoms with Crippen LogP contribution in [-0.2, 0) is 76.3 Å². The highest BCUT2D eigenvalue weighted by Gasteiger charge is 2.46. The lowest BCUT2D eigenvalue weighted by molar-refractivity contribution is -0.173. The minimum absolute atomic E-state index is 0.0100. The Morgan fingerprint density at radius 3 is 1.22 bits per heavy atom. The molecule has 20 nitrogen and oxygen atoms in total. The van der Waals surface area contributed by atoms with E-state index in [1.165, 1.54) is 26.0 Å². The standard InChI is InChI=1S/C52H64Cl4N4O16/c1-7-73-51(65)45-37(29-71-27-13-25-69-23-11-21-57)59(31(3)41(49(63)67-5)43(45)33-15-9-17-35(53)47(33)55)75-39(61)19-20-40(62)76-60-32(4)42(50(64)68-6)44(34-16-10-18-36(54)48(34)56)46(52(66)74-8-2)38(60)30-72-28-14-26-70-24-12-22-58/h9-10,15-20,43-44H,7-8,11-14,21-30,57-58H2,1-6H3/b20-19+/t43-,44-/m0/s1. The fourth-order valence-corrected chi connectivity index (χ4v) is 8.80. The van der Waals surface area contributed by atoms with Gasteiger partial charge in [0.25, 0.3) is 0 Å². The molecule has 0 bridgehead atoms. The van der Waals surface area contributed by atoms with E-state index in [1.54, 1.807) is 38.1 Å². The van der Waals surface area contributed by atoms with Gasteiger partial charge in [0, 0.05) is 51.8 Å². The van der Waals surface area contributed by atoms with E-state index in [4.69, 9.17) is 105 Å². The third-order valence-corrected chi connectivity index (χ3v) is 13.0. The first-order chi connectivity index (χ1) is 36.5. The Labute approximate surface area is 461 Å². The topological polar surface area (TPSA) is 253 Å². The highest BCUT2D eigenvalue weighted by Crippen LogP contribution is 2.48. The van der Waals surface area contributed by atoms with E-state index in [9.17, 15) is 28.8 Å². The molecule has 0 saturated heterocycles. The van der Waals surface area contributed by atoms with Crippen molar-refractivity contribution in [1.29, 1.82) is 0 Å². The summed E-state index contributed by atoms with van der Waals surface area (Å²) < 4.78 is 44.7. The van der Waals surface area contributed by atoms with Crippen LogP contribution in [0.3, 0.4) is 0 Å². The number of methoxy groups -OCH3 is 2. The van der Waals surface area contributed by atoms with E-state index in [-0.39, 0.29) is 103 Å². The van der Waals surface area contributed by atoms with Gasteiger partial charge in [0.1, 0.15) is 0 Å². The number of nitrogens with zero attached hydrogens (tertiary/aromatic N) is 2. The van der Waals surface area contributed by atoms with E-state index in [1.807, 2.05) is 0 Å². The normalized spacial score (nSPS) is 15.9. The van der Waals surface area contributed by atoms with Gasteiger partial charge in [0.05, 0.1) is 118 Å². The molecule has 2 atom stereocenters. The largest absolute Gasteiger partial charge is 0.466 e. The number of hydroxylamine groups is 4. The number of halogens is 4. The quantitative estimate of drug-likeness (QED) is 0.0336. The van der Waals surface area contributed by atoms with Crippen molar-refractivity contribution in [1.82, 2.24) is 10.1 Å². The van der Waals surface area contributed by atoms with Crippen molar-refractivity contribution in [2.75, 3.05) is 93.4 Å². The first kappa shape index (κ1) is 63.0. The molecular formula is C52H64Cl4N4O16. The highest BCUT2D eigenvalue weighted by atomic mass is 35.5. The molecule has 0 spiro atoms. The second-order valence-electron chi connectivity index (χ2n) is 16.4.